The van der Waals surface area contributed by atoms with Crippen LogP contribution in [0.25, 0.3) is 0 Å². The first-order chi connectivity index (χ1) is 11.7. The maximum absolute atomic E-state index is 12.9. The van der Waals surface area contributed by atoms with Gasteiger partial charge in [0.25, 0.3) is 0 Å². The number of nitrogens with one attached hydrogen (secondary N) is 1. The standard InChI is InChI=1S/C17H25F3N2O4/c1-6-16(5)8-7-22(10(9(8)16)13(24)25)12(23)11(15(2,3)4)21-14(26)17(18,19)20/h8-11H,6-7H2,1-5H3,(H,21,26)(H,24,25)/t8-,9-,10-,11-,16?/m0/s1. The van der Waals surface area contributed by atoms with E-state index in [4.69, 9.17) is 0 Å². The van der Waals surface area contributed by atoms with Crippen molar-refractivity contribution in [1.29, 1.82) is 0 Å². The zero-order valence-electron chi connectivity index (χ0n) is 15.5. The van der Waals surface area contributed by atoms with E-state index in [9.17, 15) is 32.7 Å². The Morgan fingerprint density at radius 2 is 1.81 bits per heavy atom. The van der Waals surface area contributed by atoms with Crippen molar-refractivity contribution < 1.29 is 32.7 Å². The first-order valence-corrected chi connectivity index (χ1v) is 8.57. The number of piperidine rings is 1. The molecule has 1 unspecified atom stereocenters. The van der Waals surface area contributed by atoms with Gasteiger partial charge in [-0.3, -0.25) is 9.59 Å². The molecule has 0 radical (unpaired) electrons. The number of fused-ring (bicyclic) bond motifs is 1. The minimum absolute atomic E-state index is 0.0106. The largest absolute Gasteiger partial charge is 0.480 e. The highest BCUT2D eigenvalue weighted by Crippen LogP contribution is 2.67. The Bertz CT molecular complexity index is 628. The summed E-state index contributed by atoms with van der Waals surface area (Å²) in [5.74, 6) is -4.37. The molecule has 9 heteroatoms. The monoisotopic (exact) mass is 378 g/mol. The normalized spacial score (nSPS) is 32.0. The van der Waals surface area contributed by atoms with Crippen LogP contribution in [0.1, 0.15) is 41.0 Å². The minimum Gasteiger partial charge on any atom is -0.480 e. The molecule has 0 aromatic carbocycles. The molecule has 148 valence electrons. The van der Waals surface area contributed by atoms with E-state index in [1.54, 1.807) is 5.32 Å². The number of carboxylic acids is 1. The summed E-state index contributed by atoms with van der Waals surface area (Å²) in [4.78, 5) is 37.1. The molecule has 2 aliphatic rings. The molecule has 2 fully saturated rings. The number of hydrogen-bond donors (Lipinski definition) is 2. The number of likely N-dealkylation sites (tertiary alicyclic amines) is 1. The van der Waals surface area contributed by atoms with Crippen molar-refractivity contribution in [2.45, 2.75) is 59.3 Å². The van der Waals surface area contributed by atoms with E-state index in [0.717, 1.165) is 11.3 Å². The van der Waals surface area contributed by atoms with Crippen LogP contribution in [0.2, 0.25) is 0 Å². The third-order valence-electron chi connectivity index (χ3n) is 5.95. The van der Waals surface area contributed by atoms with E-state index in [-0.39, 0.29) is 23.8 Å². The second-order valence-electron chi connectivity index (χ2n) is 8.54. The summed E-state index contributed by atoms with van der Waals surface area (Å²) in [6.45, 7) is 8.66. The van der Waals surface area contributed by atoms with Crippen LogP contribution in [0.15, 0.2) is 0 Å². The highest BCUT2D eigenvalue weighted by Gasteiger charge is 2.71. The lowest BCUT2D eigenvalue weighted by Gasteiger charge is -2.37. The Hall–Kier alpha value is -1.80. The third-order valence-corrected chi connectivity index (χ3v) is 5.95. The molecule has 2 N–H and O–H groups in total. The fourth-order valence-corrected chi connectivity index (χ4v) is 4.16. The maximum Gasteiger partial charge on any atom is 0.471 e. The van der Waals surface area contributed by atoms with Gasteiger partial charge in [-0.05, 0) is 16.7 Å². The van der Waals surface area contributed by atoms with Gasteiger partial charge in [0.05, 0.1) is 0 Å². The fourth-order valence-electron chi connectivity index (χ4n) is 4.16. The Morgan fingerprint density at radius 3 is 2.19 bits per heavy atom. The quantitative estimate of drug-likeness (QED) is 0.784. The first kappa shape index (κ1) is 20.5. The van der Waals surface area contributed by atoms with Crippen molar-refractivity contribution in [2.24, 2.45) is 22.7 Å². The van der Waals surface area contributed by atoms with Gasteiger partial charge < -0.3 is 15.3 Å². The molecule has 1 aliphatic carbocycles. The first-order valence-electron chi connectivity index (χ1n) is 8.57. The Labute approximate surface area is 150 Å². The number of aliphatic carboxylic acids is 1. The number of carbonyl (C=O) groups excluding carboxylic acids is 2. The van der Waals surface area contributed by atoms with Gasteiger partial charge in [-0.15, -0.1) is 0 Å². The van der Waals surface area contributed by atoms with Gasteiger partial charge in [-0.25, -0.2) is 4.79 Å². The summed E-state index contributed by atoms with van der Waals surface area (Å²) in [5.41, 5.74) is -1.19. The van der Waals surface area contributed by atoms with Crippen LogP contribution < -0.4 is 5.32 Å². The number of carbonyl (C=O) groups is 3. The zero-order valence-corrected chi connectivity index (χ0v) is 15.5. The lowest BCUT2D eigenvalue weighted by atomic mass is 9.85. The SMILES string of the molecule is CCC1(C)[C@@H]2[C@@H](C(=O)O)N(C(=O)[C@H](NC(=O)C(F)(F)F)C(C)(C)C)C[C@@H]21. The van der Waals surface area contributed by atoms with Crippen LogP contribution in [0, 0.1) is 22.7 Å². The fraction of sp³-hybridized carbons (Fsp3) is 0.824. The van der Waals surface area contributed by atoms with Gasteiger partial charge in [0.2, 0.25) is 5.91 Å². The van der Waals surface area contributed by atoms with Crippen LogP contribution in [-0.4, -0.2) is 52.6 Å². The summed E-state index contributed by atoms with van der Waals surface area (Å²) >= 11 is 0. The van der Waals surface area contributed by atoms with Crippen molar-refractivity contribution in [2.75, 3.05) is 6.54 Å². The van der Waals surface area contributed by atoms with Crippen LogP contribution in [0.5, 0.6) is 0 Å². The van der Waals surface area contributed by atoms with Gasteiger partial charge in [0.1, 0.15) is 12.1 Å². The molecular formula is C17H25F3N2O4. The number of amides is 2. The summed E-state index contributed by atoms with van der Waals surface area (Å²) in [5, 5.41) is 11.3. The van der Waals surface area contributed by atoms with E-state index >= 15 is 0 Å². The van der Waals surface area contributed by atoms with E-state index in [0.29, 0.717) is 0 Å². The molecule has 2 rings (SSSR count). The van der Waals surface area contributed by atoms with Crippen LogP contribution >= 0.6 is 0 Å². The molecule has 1 saturated heterocycles. The van der Waals surface area contributed by atoms with E-state index in [2.05, 4.69) is 0 Å². The molecule has 0 aromatic heterocycles. The van der Waals surface area contributed by atoms with Crippen molar-refractivity contribution in [1.82, 2.24) is 10.2 Å². The second kappa shape index (κ2) is 6.13. The van der Waals surface area contributed by atoms with Crippen molar-refractivity contribution in [3.63, 3.8) is 0 Å². The van der Waals surface area contributed by atoms with Gasteiger partial charge in [-0.2, -0.15) is 13.2 Å². The molecule has 5 atom stereocenters. The van der Waals surface area contributed by atoms with Crippen LogP contribution in [0.3, 0.4) is 0 Å². The molecule has 0 aromatic rings. The minimum atomic E-state index is -5.12. The average molecular weight is 378 g/mol. The molecule has 26 heavy (non-hydrogen) atoms. The predicted molar refractivity (Wildman–Crippen MR) is 86.0 cm³/mol. The van der Waals surface area contributed by atoms with Crippen LogP contribution in [-0.2, 0) is 14.4 Å². The van der Waals surface area contributed by atoms with E-state index in [1.165, 1.54) is 20.8 Å². The lowest BCUT2D eigenvalue weighted by Crippen LogP contribution is -2.59. The molecule has 1 saturated carbocycles. The molecule has 2 amide bonds. The third kappa shape index (κ3) is 3.27. The molecule has 6 nitrogen and oxygen atoms in total. The number of carboxylic acid groups (broad SMARTS) is 1. The highest BCUT2D eigenvalue weighted by molar-refractivity contribution is 5.93. The van der Waals surface area contributed by atoms with Crippen LogP contribution in [0.4, 0.5) is 13.2 Å². The number of hydrogen-bond acceptors (Lipinski definition) is 3. The van der Waals surface area contributed by atoms with Gasteiger partial charge >= 0.3 is 18.1 Å². The van der Waals surface area contributed by atoms with Gasteiger partial charge in [0.15, 0.2) is 0 Å². The molecule has 1 aliphatic heterocycles. The number of nitrogens with zero attached hydrogens (tertiary/aromatic N) is 1. The van der Waals surface area contributed by atoms with Crippen molar-refractivity contribution >= 4 is 17.8 Å². The average Bonchev–Trinajstić information content (AvgIpc) is 2.88. The summed E-state index contributed by atoms with van der Waals surface area (Å²) in [6, 6.07) is -2.55. The van der Waals surface area contributed by atoms with Crippen molar-refractivity contribution in [3.05, 3.63) is 0 Å². The lowest BCUT2D eigenvalue weighted by molar-refractivity contribution is -0.176. The summed E-state index contributed by atoms with van der Waals surface area (Å²) in [6.07, 6.45) is -4.36. The topological polar surface area (TPSA) is 86.7 Å². The zero-order chi connectivity index (χ0) is 20.2. The Morgan fingerprint density at radius 1 is 1.27 bits per heavy atom. The number of alkyl halides is 3. The molecule has 0 spiro atoms. The maximum atomic E-state index is 12.9. The van der Waals surface area contributed by atoms with Crippen molar-refractivity contribution in [3.8, 4) is 0 Å². The smallest absolute Gasteiger partial charge is 0.471 e. The molecule has 0 bridgehead atoms. The molecular weight excluding hydrogens is 353 g/mol. The highest BCUT2D eigenvalue weighted by atomic mass is 19.4. The summed E-state index contributed by atoms with van der Waals surface area (Å²) in [7, 11) is 0. The Kier molecular flexibility index (Phi) is 4.83. The van der Waals surface area contributed by atoms with E-state index < -0.39 is 41.5 Å². The predicted octanol–water partition coefficient (Wildman–Crippen LogP) is 2.04. The number of halogens is 3. The second-order valence-corrected chi connectivity index (χ2v) is 8.54. The Balaban J connectivity index is 2.27. The van der Waals surface area contributed by atoms with E-state index in [1.807, 2.05) is 13.8 Å². The van der Waals surface area contributed by atoms with Gasteiger partial charge in [0, 0.05) is 12.5 Å². The van der Waals surface area contributed by atoms with Gasteiger partial charge in [-0.1, -0.05) is 41.0 Å². The summed E-state index contributed by atoms with van der Waals surface area (Å²) < 4.78 is 37.9. The molecule has 1 heterocycles. The number of rotatable bonds is 4.